The Morgan fingerprint density at radius 2 is 2.00 bits per heavy atom. The van der Waals surface area contributed by atoms with Crippen LogP contribution in [0.2, 0.25) is 0 Å². The zero-order valence-corrected chi connectivity index (χ0v) is 14.2. The maximum atomic E-state index is 13.7. The summed E-state index contributed by atoms with van der Waals surface area (Å²) in [7, 11) is 0.327. The maximum absolute atomic E-state index is 13.7. The lowest BCUT2D eigenvalue weighted by Crippen LogP contribution is -2.54. The van der Waals surface area contributed by atoms with Gasteiger partial charge in [0.15, 0.2) is 0 Å². The molecule has 1 aromatic carbocycles. The Labute approximate surface area is 137 Å². The fourth-order valence-corrected chi connectivity index (χ4v) is 3.91. The molecule has 0 aliphatic carbocycles. The monoisotopic (exact) mass is 345 g/mol. The first-order valence-electron chi connectivity index (χ1n) is 6.89. The van der Waals surface area contributed by atoms with Crippen molar-refractivity contribution in [3.63, 3.8) is 0 Å². The number of aryl methyl sites for hydroxylation is 1. The Hall–Kier alpha value is -1.76. The van der Waals surface area contributed by atoms with E-state index in [1.165, 1.54) is 6.92 Å². The summed E-state index contributed by atoms with van der Waals surface area (Å²) in [5.74, 6) is 3.00. The highest BCUT2D eigenvalue weighted by Gasteiger charge is 2.47. The van der Waals surface area contributed by atoms with Crippen LogP contribution in [0.3, 0.4) is 0 Å². The number of ether oxygens (including phenoxy) is 1. The van der Waals surface area contributed by atoms with Crippen LogP contribution in [0.15, 0.2) is 29.2 Å². The second kappa shape index (κ2) is 8.19. The number of hydrogen-bond donors (Lipinski definition) is 1. The molecule has 23 heavy (non-hydrogen) atoms. The molecule has 0 heterocycles. The van der Waals surface area contributed by atoms with Crippen LogP contribution in [0.5, 0.6) is 0 Å². The largest absolute Gasteiger partial charge is 0.467 e. The van der Waals surface area contributed by atoms with Gasteiger partial charge >= 0.3 is 5.97 Å². The van der Waals surface area contributed by atoms with Crippen LogP contribution >= 0.6 is 10.5 Å². The molecule has 0 fully saturated rings. The number of hydrogen-bond acceptors (Lipinski definition) is 3. The van der Waals surface area contributed by atoms with Gasteiger partial charge in [-0.25, -0.2) is 13.6 Å². The molecule has 0 aliphatic rings. The van der Waals surface area contributed by atoms with Crippen LogP contribution in [0.4, 0.5) is 8.78 Å². The zero-order chi connectivity index (χ0) is 17.6. The van der Waals surface area contributed by atoms with Gasteiger partial charge in [-0.2, -0.15) is 10.5 Å². The van der Waals surface area contributed by atoms with Crippen LogP contribution in [0, 0.1) is 12.3 Å². The molecule has 1 N–H and O–H groups in total. The van der Waals surface area contributed by atoms with E-state index in [1.54, 1.807) is 0 Å². The summed E-state index contributed by atoms with van der Waals surface area (Å²) in [5, 5.41) is 2.16. The minimum absolute atomic E-state index is 0.0612. The van der Waals surface area contributed by atoms with Gasteiger partial charge in [-0.05, 0) is 19.1 Å². The Bertz CT molecular complexity index is 577. The Morgan fingerprint density at radius 1 is 1.43 bits per heavy atom. The van der Waals surface area contributed by atoms with E-state index in [2.05, 4.69) is 15.9 Å². The topological polar surface area (TPSA) is 55.4 Å². The third kappa shape index (κ3) is 4.60. The fraction of sp³-hybridized carbons (Fsp3) is 0.438. The van der Waals surface area contributed by atoms with E-state index in [1.807, 2.05) is 31.2 Å². The molecule has 7 heteroatoms. The van der Waals surface area contributed by atoms with Crippen LogP contribution in [0.1, 0.15) is 12.5 Å². The Kier molecular flexibility index (Phi) is 6.87. The molecule has 0 saturated heterocycles. The number of nitrogens with one attached hydrogen (secondary N) is 1. The van der Waals surface area contributed by atoms with Crippen molar-refractivity contribution < 1.29 is 23.1 Å². The summed E-state index contributed by atoms with van der Waals surface area (Å²) in [6.45, 7) is 3.19. The van der Waals surface area contributed by atoms with Crippen molar-refractivity contribution in [2.45, 2.75) is 31.2 Å². The van der Waals surface area contributed by atoms with Gasteiger partial charge in [0.25, 0.3) is 0 Å². The van der Waals surface area contributed by atoms with Crippen molar-refractivity contribution in [1.29, 1.82) is 0 Å². The van der Waals surface area contributed by atoms with Crippen molar-refractivity contribution >= 4 is 28.7 Å². The van der Waals surface area contributed by atoms with Gasteiger partial charge in [0.2, 0.25) is 12.8 Å². The van der Waals surface area contributed by atoms with Crippen LogP contribution in [-0.2, 0) is 14.3 Å². The molecule has 128 valence electrons. The summed E-state index contributed by atoms with van der Waals surface area (Å²) >= 11 is 0. The molecule has 1 aromatic rings. The molecule has 0 radical (unpaired) electrons. The summed E-state index contributed by atoms with van der Waals surface area (Å²) in [6.07, 6.45) is -2.60. The molecule has 4 nitrogen and oxygen atoms in total. The van der Waals surface area contributed by atoms with Crippen LogP contribution in [0.25, 0.3) is 0 Å². The average Bonchev–Trinajstić information content (AvgIpc) is 2.52. The normalized spacial score (nSPS) is 16.3. The summed E-state index contributed by atoms with van der Waals surface area (Å²) < 4.78 is 32.0. The lowest BCUT2D eigenvalue weighted by atomic mass is 9.84. The van der Waals surface area contributed by atoms with Gasteiger partial charge in [0, 0.05) is 10.6 Å². The summed E-state index contributed by atoms with van der Waals surface area (Å²) in [4.78, 5) is 23.4. The van der Waals surface area contributed by atoms with Crippen molar-refractivity contribution in [2.24, 2.45) is 5.41 Å². The van der Waals surface area contributed by atoms with Crippen molar-refractivity contribution in [1.82, 2.24) is 5.32 Å². The molecular formula is C16H21F2NO3S. The average molecular weight is 345 g/mol. The van der Waals surface area contributed by atoms with Crippen molar-refractivity contribution in [2.75, 3.05) is 12.9 Å². The van der Waals surface area contributed by atoms with Gasteiger partial charge in [0.05, 0.1) is 12.5 Å². The minimum atomic E-state index is -2.83. The van der Waals surface area contributed by atoms with Crippen molar-refractivity contribution in [3.8, 4) is 0 Å². The first-order chi connectivity index (χ1) is 10.8. The first kappa shape index (κ1) is 19.3. The molecule has 0 bridgehead atoms. The van der Waals surface area contributed by atoms with E-state index in [-0.39, 0.29) is 12.2 Å². The number of methoxy groups -OCH3 is 1. The standard InChI is InChI=1S/C16H21F2NO3S/c1-11-5-7-12(8-6-11)23(4)9-16(2,15(17)18)13(19-10-20)14(21)22-3/h5-8,10,13,15H,4,9H2,1-3H3,(H,19,20)/t13-,16-,23?/m1/s1. The van der Waals surface area contributed by atoms with E-state index in [0.717, 1.165) is 17.6 Å². The number of halogens is 2. The van der Waals surface area contributed by atoms with Gasteiger partial charge in [-0.3, -0.25) is 4.79 Å². The second-order valence-electron chi connectivity index (χ2n) is 5.50. The number of rotatable bonds is 8. The van der Waals surface area contributed by atoms with E-state index in [0.29, 0.717) is 0 Å². The maximum Gasteiger partial charge on any atom is 0.329 e. The van der Waals surface area contributed by atoms with Crippen molar-refractivity contribution in [3.05, 3.63) is 29.8 Å². The van der Waals surface area contributed by atoms with E-state index >= 15 is 0 Å². The third-order valence-corrected chi connectivity index (χ3v) is 5.58. The predicted molar refractivity (Wildman–Crippen MR) is 88.1 cm³/mol. The molecule has 0 saturated carbocycles. The quantitative estimate of drug-likeness (QED) is 0.448. The second-order valence-corrected chi connectivity index (χ2v) is 7.24. The Balaban J connectivity index is 3.12. The highest BCUT2D eigenvalue weighted by Crippen LogP contribution is 2.39. The predicted octanol–water partition coefficient (Wildman–Crippen LogP) is 2.61. The van der Waals surface area contributed by atoms with E-state index < -0.39 is 34.3 Å². The van der Waals surface area contributed by atoms with Gasteiger partial charge in [0.1, 0.15) is 6.04 Å². The summed E-state index contributed by atoms with van der Waals surface area (Å²) in [5.41, 5.74) is -0.735. The molecule has 1 rings (SSSR count). The van der Waals surface area contributed by atoms with Gasteiger partial charge in [-0.1, -0.05) is 30.5 Å². The molecule has 1 unspecified atom stereocenters. The fourth-order valence-electron chi connectivity index (χ4n) is 2.18. The van der Waals surface area contributed by atoms with E-state index in [9.17, 15) is 18.4 Å². The lowest BCUT2D eigenvalue weighted by molar-refractivity contribution is -0.151. The molecular weight excluding hydrogens is 324 g/mol. The zero-order valence-electron chi connectivity index (χ0n) is 13.3. The molecule has 0 aliphatic heterocycles. The number of benzene rings is 1. The highest BCUT2D eigenvalue weighted by atomic mass is 32.2. The lowest BCUT2D eigenvalue weighted by Gasteiger charge is -2.35. The molecule has 0 aromatic heterocycles. The minimum Gasteiger partial charge on any atom is -0.467 e. The Morgan fingerprint density at radius 3 is 2.43 bits per heavy atom. The summed E-state index contributed by atoms with van der Waals surface area (Å²) in [6, 6.07) is 5.98. The third-order valence-electron chi connectivity index (χ3n) is 3.67. The highest BCUT2D eigenvalue weighted by molar-refractivity contribution is 8.14. The first-order valence-corrected chi connectivity index (χ1v) is 8.45. The van der Waals surface area contributed by atoms with E-state index in [4.69, 9.17) is 0 Å². The number of carbonyl (C=O) groups is 2. The number of amides is 1. The molecule has 1 amide bonds. The van der Waals surface area contributed by atoms with Gasteiger partial charge in [-0.15, -0.1) is 0 Å². The van der Waals surface area contributed by atoms with Crippen LogP contribution in [-0.4, -0.2) is 43.6 Å². The van der Waals surface area contributed by atoms with Crippen LogP contribution < -0.4 is 5.32 Å². The molecule has 0 spiro atoms. The number of alkyl halides is 2. The van der Waals surface area contributed by atoms with Gasteiger partial charge < -0.3 is 10.1 Å². The number of carbonyl (C=O) groups excluding carboxylic acids is 2. The SMILES string of the molecule is C=S(C[C@@](C)(C(F)F)[C@H](NC=O)C(=O)OC)c1ccc(C)cc1. The molecule has 3 atom stereocenters. The smallest absolute Gasteiger partial charge is 0.329 e. The number of esters is 1.